The topological polar surface area (TPSA) is 147 Å². The second-order valence-electron chi connectivity index (χ2n) is 10.6. The van der Waals surface area contributed by atoms with Crippen molar-refractivity contribution in [2.75, 3.05) is 23.4 Å². The zero-order valence-electron chi connectivity index (χ0n) is 27.0. The third-order valence-corrected chi connectivity index (χ3v) is 8.22. The summed E-state index contributed by atoms with van der Waals surface area (Å²) in [5.41, 5.74) is 2.38. The maximum atomic E-state index is 13.0. The molecule has 1 atom stereocenters. The summed E-state index contributed by atoms with van der Waals surface area (Å²) >= 11 is 12.0. The van der Waals surface area contributed by atoms with Gasteiger partial charge in [-0.15, -0.1) is 0 Å². The van der Waals surface area contributed by atoms with Crippen LogP contribution in [0.3, 0.4) is 0 Å². The van der Waals surface area contributed by atoms with Crippen LogP contribution in [-0.4, -0.2) is 54.2 Å². The van der Waals surface area contributed by atoms with E-state index in [0.717, 1.165) is 5.56 Å². The fraction of sp³-hybridized carbons (Fsp3) is 0.158. The Kier molecular flexibility index (Phi) is 12.6. The Balaban J connectivity index is 0.000000181. The van der Waals surface area contributed by atoms with Crippen LogP contribution in [0.15, 0.2) is 103 Å². The van der Waals surface area contributed by atoms with Gasteiger partial charge in [0.05, 0.1) is 39.0 Å². The third-order valence-electron chi connectivity index (χ3n) is 7.60. The maximum Gasteiger partial charge on any atom is 0.296 e. The van der Waals surface area contributed by atoms with Gasteiger partial charge in [-0.05, 0) is 32.0 Å². The number of halogens is 2. The summed E-state index contributed by atoms with van der Waals surface area (Å²) in [5, 5.41) is 10.8. The monoisotopic (exact) mass is 714 g/mol. The first-order valence-electron chi connectivity index (χ1n) is 15.4. The fourth-order valence-corrected chi connectivity index (χ4v) is 5.91. The van der Waals surface area contributed by atoms with Crippen molar-refractivity contribution in [1.82, 2.24) is 0 Å². The van der Waals surface area contributed by atoms with Gasteiger partial charge in [0.15, 0.2) is 12.1 Å². The van der Waals surface area contributed by atoms with Crippen molar-refractivity contribution in [3.63, 3.8) is 0 Å². The predicted molar refractivity (Wildman–Crippen MR) is 190 cm³/mol. The molecule has 0 radical (unpaired) electrons. The van der Waals surface area contributed by atoms with Gasteiger partial charge in [-0.2, -0.15) is 0 Å². The van der Waals surface area contributed by atoms with Gasteiger partial charge in [0.2, 0.25) is 5.60 Å². The maximum absolute atomic E-state index is 13.0. The molecule has 10 nitrogen and oxygen atoms in total. The molecule has 0 saturated heterocycles. The lowest BCUT2D eigenvalue weighted by molar-refractivity contribution is -0.137. The lowest BCUT2D eigenvalue weighted by Crippen LogP contribution is -2.49. The number of para-hydroxylation sites is 2. The second-order valence-corrected chi connectivity index (χ2v) is 11.4. The van der Waals surface area contributed by atoms with Gasteiger partial charge in [-0.25, -0.2) is 0 Å². The molecule has 0 aromatic heterocycles. The van der Waals surface area contributed by atoms with Crippen LogP contribution in [0.25, 0.3) is 5.76 Å². The molecule has 3 heterocycles. The highest BCUT2D eigenvalue weighted by atomic mass is 35.5. The van der Waals surface area contributed by atoms with Crippen molar-refractivity contribution in [3.8, 4) is 0 Å². The van der Waals surface area contributed by atoms with E-state index in [4.69, 9.17) is 33.0 Å². The summed E-state index contributed by atoms with van der Waals surface area (Å²) in [6, 6.07) is 28.2. The summed E-state index contributed by atoms with van der Waals surface area (Å²) in [6.45, 7) is 4.25. The van der Waals surface area contributed by atoms with Crippen molar-refractivity contribution < 1.29 is 38.6 Å². The average Bonchev–Trinajstić information content (AvgIpc) is 3.56. The number of hydrogen-bond acceptors (Lipinski definition) is 8. The molecule has 4 aromatic rings. The van der Waals surface area contributed by atoms with E-state index in [1.165, 1.54) is 0 Å². The number of likely N-dealkylation sites (N-methyl/N-ethyl adjacent to an activating group) is 1. The van der Waals surface area contributed by atoms with Gasteiger partial charge < -0.3 is 24.9 Å². The van der Waals surface area contributed by atoms with E-state index in [2.05, 4.69) is 5.32 Å². The van der Waals surface area contributed by atoms with Gasteiger partial charge in [0.25, 0.3) is 17.6 Å². The van der Waals surface area contributed by atoms with E-state index >= 15 is 0 Å². The van der Waals surface area contributed by atoms with Gasteiger partial charge in [0, 0.05) is 29.8 Å². The first-order chi connectivity index (χ1) is 24.1. The number of fused-ring (bicyclic) bond motifs is 3. The Morgan fingerprint density at radius 2 is 1.46 bits per heavy atom. The first-order valence-corrected chi connectivity index (χ1v) is 16.2. The summed E-state index contributed by atoms with van der Waals surface area (Å²) in [5.74, 6) is -1.08. The molecule has 2 amide bonds. The molecule has 0 saturated carbocycles. The van der Waals surface area contributed by atoms with Crippen LogP contribution in [0.2, 0.25) is 10.0 Å². The van der Waals surface area contributed by atoms with Crippen LogP contribution in [-0.2, 0) is 29.5 Å². The molecule has 4 aromatic carbocycles. The summed E-state index contributed by atoms with van der Waals surface area (Å²) in [7, 11) is 0. The quantitative estimate of drug-likeness (QED) is 0.1000. The summed E-state index contributed by atoms with van der Waals surface area (Å²) in [6.07, 6.45) is 1.31. The minimum atomic E-state index is -1.37. The van der Waals surface area contributed by atoms with Crippen molar-refractivity contribution in [3.05, 3.63) is 135 Å². The van der Waals surface area contributed by atoms with Gasteiger partial charge >= 0.3 is 0 Å². The first kappa shape index (κ1) is 37.4. The van der Waals surface area contributed by atoms with E-state index in [1.807, 2.05) is 43.3 Å². The fourth-order valence-electron chi connectivity index (χ4n) is 5.41. The minimum absolute atomic E-state index is 0.0238. The smallest absolute Gasteiger partial charge is 0.296 e. The molecule has 0 unspecified atom stereocenters. The van der Waals surface area contributed by atoms with Crippen LogP contribution in [0.1, 0.15) is 52.1 Å². The van der Waals surface area contributed by atoms with Gasteiger partial charge in [0.1, 0.15) is 12.0 Å². The lowest BCUT2D eigenvalue weighted by atomic mass is 9.81. The number of nitrogens with one attached hydrogen (secondary N) is 1. The molecule has 0 fully saturated rings. The summed E-state index contributed by atoms with van der Waals surface area (Å²) < 4.78 is 6.00. The molecule has 12 heteroatoms. The molecule has 3 aliphatic heterocycles. The number of hydrogen-bond donors (Lipinski definition) is 2. The lowest BCUT2D eigenvalue weighted by Gasteiger charge is -2.40. The van der Waals surface area contributed by atoms with Crippen molar-refractivity contribution in [2.24, 2.45) is 0 Å². The standard InChI is InChI=1S/C19H14ClNO3.C9H8O2.C8H4ClNO2.C2H6O/c1-2-21-16-13(9-6-10-15(16)20)19(18(21)23)14(11-22)17(24-19)12-7-4-3-5-8-12;10-7-6-9(11)8-4-2-1-3-5-8;9-5-3-1-2-4-6(5)10-8(12)7(4)11;1-2-3/h3-11H,2H2,1H3;1-5,7H,6H2;1-3H,(H,10,11,12);3H,2H2,1H3/t19-;;;/m1.../s1. The number of anilines is 2. The van der Waals surface area contributed by atoms with Crippen LogP contribution >= 0.6 is 23.2 Å². The molecule has 1 spiro atoms. The van der Waals surface area contributed by atoms with Crippen molar-refractivity contribution in [2.45, 2.75) is 25.9 Å². The highest BCUT2D eigenvalue weighted by Crippen LogP contribution is 2.57. The number of ketones is 2. The Hall–Kier alpha value is -5.42. The number of aliphatic hydroxyl groups excluding tert-OH is 1. The van der Waals surface area contributed by atoms with Crippen LogP contribution < -0.4 is 10.2 Å². The SMILES string of the molecule is CCN1C(=O)[C@@]2(OC(c3ccccc3)=C2C=O)c2cccc(Cl)c21.CCO.O=C1Nc2c(Cl)cccc2C1=O.O=CCC(=O)c1ccccc1. The number of carbonyl (C=O) groups is 6. The molecule has 7 rings (SSSR count). The number of benzene rings is 4. The average molecular weight is 716 g/mol. The van der Waals surface area contributed by atoms with Crippen molar-refractivity contribution >= 4 is 76.3 Å². The summed E-state index contributed by atoms with van der Waals surface area (Å²) in [4.78, 5) is 69.4. The Morgan fingerprint density at radius 1 is 0.860 bits per heavy atom. The molecule has 0 bridgehead atoms. The Labute approximate surface area is 298 Å². The predicted octanol–water partition coefficient (Wildman–Crippen LogP) is 6.47. The minimum Gasteiger partial charge on any atom is -0.466 e. The molecule has 0 aliphatic carbocycles. The molecule has 2 N–H and O–H groups in total. The highest BCUT2D eigenvalue weighted by molar-refractivity contribution is 6.53. The third kappa shape index (κ3) is 7.28. The number of ether oxygens (including phenoxy) is 1. The number of aldehydes is 2. The zero-order valence-corrected chi connectivity index (χ0v) is 28.5. The second kappa shape index (κ2) is 16.8. The number of Topliss-reactive ketones (excluding diaryl/α,β-unsaturated/α-hetero) is 2. The molecular formula is C38H32Cl2N2O8. The number of carbonyl (C=O) groups excluding carboxylic acids is 6. The Morgan fingerprint density at radius 3 is 2.04 bits per heavy atom. The van der Waals surface area contributed by atoms with E-state index in [9.17, 15) is 28.8 Å². The highest BCUT2D eigenvalue weighted by Gasteiger charge is 2.62. The van der Waals surface area contributed by atoms with Crippen molar-refractivity contribution in [1.29, 1.82) is 0 Å². The number of amides is 2. The zero-order chi connectivity index (χ0) is 36.4. The Bertz CT molecular complexity index is 1960. The molecular weight excluding hydrogens is 683 g/mol. The van der Waals surface area contributed by atoms with E-state index in [0.29, 0.717) is 68.6 Å². The van der Waals surface area contributed by atoms with E-state index in [1.54, 1.807) is 72.5 Å². The number of nitrogens with zero attached hydrogens (tertiary/aromatic N) is 1. The van der Waals surface area contributed by atoms with Crippen LogP contribution in [0.4, 0.5) is 11.4 Å². The molecule has 256 valence electrons. The largest absolute Gasteiger partial charge is 0.466 e. The van der Waals surface area contributed by atoms with Gasteiger partial charge in [-0.1, -0.05) is 102 Å². The van der Waals surface area contributed by atoms with Gasteiger partial charge in [-0.3, -0.25) is 24.0 Å². The van der Waals surface area contributed by atoms with Crippen LogP contribution in [0, 0.1) is 0 Å². The number of rotatable bonds is 6. The van der Waals surface area contributed by atoms with E-state index < -0.39 is 17.3 Å². The number of aliphatic hydroxyl groups is 1. The molecule has 50 heavy (non-hydrogen) atoms. The molecule has 3 aliphatic rings. The normalized spacial score (nSPS) is 16.2. The van der Waals surface area contributed by atoms with E-state index in [-0.39, 0.29) is 24.7 Å². The van der Waals surface area contributed by atoms with Crippen LogP contribution in [0.5, 0.6) is 0 Å².